The molecule has 110 valence electrons. The van der Waals surface area contributed by atoms with Crippen LogP contribution < -0.4 is 10.6 Å². The Kier molecular flexibility index (Phi) is 4.06. The molecule has 1 aromatic heterocycles. The van der Waals surface area contributed by atoms with Gasteiger partial charge in [-0.2, -0.15) is 0 Å². The summed E-state index contributed by atoms with van der Waals surface area (Å²) < 4.78 is 5.31. The van der Waals surface area contributed by atoms with Gasteiger partial charge >= 0.3 is 0 Å². The molecular weight excluding hydrogens is 264 g/mol. The highest BCUT2D eigenvalue weighted by molar-refractivity contribution is 5.94. The van der Waals surface area contributed by atoms with Gasteiger partial charge in [-0.25, -0.2) is 0 Å². The predicted octanol–water partition coefficient (Wildman–Crippen LogP) is 2.29. The third kappa shape index (κ3) is 3.34. The summed E-state index contributed by atoms with van der Waals surface area (Å²) in [6, 6.07) is 9.81. The number of rotatable bonds is 4. The van der Waals surface area contributed by atoms with E-state index in [4.69, 9.17) is 4.42 Å². The fourth-order valence-corrected chi connectivity index (χ4v) is 2.71. The monoisotopic (exact) mass is 284 g/mol. The van der Waals surface area contributed by atoms with Crippen molar-refractivity contribution in [3.05, 3.63) is 59.0 Å². The molecule has 0 fully saturated rings. The Hall–Kier alpha value is -2.07. The summed E-state index contributed by atoms with van der Waals surface area (Å²) in [4.78, 5) is 12.3. The molecule has 0 radical (unpaired) electrons. The third-order valence-electron chi connectivity index (χ3n) is 3.82. The zero-order valence-corrected chi connectivity index (χ0v) is 12.2. The molecule has 0 saturated carbocycles. The number of carbonyl (C=O) groups is 1. The number of fused-ring (bicyclic) bond motifs is 1. The predicted molar refractivity (Wildman–Crippen MR) is 81.2 cm³/mol. The Morgan fingerprint density at radius 3 is 3.10 bits per heavy atom. The molecule has 4 heteroatoms. The van der Waals surface area contributed by atoms with Crippen LogP contribution in [0, 0.1) is 0 Å². The minimum absolute atomic E-state index is 0.0255. The molecule has 4 nitrogen and oxygen atoms in total. The van der Waals surface area contributed by atoms with Gasteiger partial charge in [0.1, 0.15) is 5.76 Å². The first kappa shape index (κ1) is 13.9. The molecular formula is C17H20N2O2. The molecule has 1 amide bonds. The molecule has 1 aliphatic rings. The van der Waals surface area contributed by atoms with Crippen LogP contribution in [0.5, 0.6) is 0 Å². The number of furan rings is 1. The third-order valence-corrected chi connectivity index (χ3v) is 3.82. The molecule has 0 aliphatic carbocycles. The van der Waals surface area contributed by atoms with E-state index in [-0.39, 0.29) is 11.9 Å². The summed E-state index contributed by atoms with van der Waals surface area (Å²) >= 11 is 0. The molecule has 2 N–H and O–H groups in total. The topological polar surface area (TPSA) is 54.3 Å². The van der Waals surface area contributed by atoms with Crippen LogP contribution in [-0.2, 0) is 19.4 Å². The van der Waals surface area contributed by atoms with Crippen LogP contribution >= 0.6 is 0 Å². The van der Waals surface area contributed by atoms with Crippen molar-refractivity contribution in [2.24, 2.45) is 0 Å². The van der Waals surface area contributed by atoms with Gasteiger partial charge in [0.2, 0.25) is 0 Å². The van der Waals surface area contributed by atoms with Crippen molar-refractivity contribution in [3.8, 4) is 0 Å². The standard InChI is InChI=1S/C17H20N2O2/c1-12(9-16-3-2-8-21-16)19-17(20)14-5-4-13-6-7-18-11-15(13)10-14/h2-5,8,10,12,18H,6-7,9,11H2,1H3,(H,19,20). The quantitative estimate of drug-likeness (QED) is 0.905. The van der Waals surface area contributed by atoms with E-state index in [2.05, 4.69) is 16.7 Å². The van der Waals surface area contributed by atoms with Gasteiger partial charge in [0, 0.05) is 24.6 Å². The zero-order valence-electron chi connectivity index (χ0n) is 12.2. The Balaban J connectivity index is 1.64. The highest BCUT2D eigenvalue weighted by atomic mass is 16.3. The Bertz CT molecular complexity index is 620. The maximum atomic E-state index is 12.3. The van der Waals surface area contributed by atoms with E-state index in [1.165, 1.54) is 11.1 Å². The summed E-state index contributed by atoms with van der Waals surface area (Å²) in [5.41, 5.74) is 3.30. The van der Waals surface area contributed by atoms with Crippen molar-refractivity contribution >= 4 is 5.91 Å². The first-order chi connectivity index (χ1) is 10.2. The van der Waals surface area contributed by atoms with E-state index in [0.29, 0.717) is 6.42 Å². The van der Waals surface area contributed by atoms with Crippen molar-refractivity contribution < 1.29 is 9.21 Å². The minimum Gasteiger partial charge on any atom is -0.469 e. The lowest BCUT2D eigenvalue weighted by Crippen LogP contribution is -2.34. The van der Waals surface area contributed by atoms with Crippen LogP contribution in [0.2, 0.25) is 0 Å². The first-order valence-corrected chi connectivity index (χ1v) is 7.38. The lowest BCUT2D eigenvalue weighted by Gasteiger charge is -2.18. The van der Waals surface area contributed by atoms with Gasteiger partial charge in [-0.3, -0.25) is 4.79 Å². The van der Waals surface area contributed by atoms with Gasteiger partial charge in [0.05, 0.1) is 6.26 Å². The van der Waals surface area contributed by atoms with Gasteiger partial charge < -0.3 is 15.1 Å². The molecule has 1 aliphatic heterocycles. The summed E-state index contributed by atoms with van der Waals surface area (Å²) in [6.45, 7) is 3.84. The van der Waals surface area contributed by atoms with Gasteiger partial charge in [0.15, 0.2) is 0 Å². The minimum atomic E-state index is -0.0255. The van der Waals surface area contributed by atoms with E-state index in [1.54, 1.807) is 6.26 Å². The van der Waals surface area contributed by atoms with Crippen LogP contribution in [0.15, 0.2) is 41.0 Å². The average Bonchev–Trinajstić information content (AvgIpc) is 2.99. The highest BCUT2D eigenvalue weighted by Gasteiger charge is 2.14. The number of hydrogen-bond donors (Lipinski definition) is 2. The molecule has 1 unspecified atom stereocenters. The van der Waals surface area contributed by atoms with Crippen LogP contribution in [0.25, 0.3) is 0 Å². The fraction of sp³-hybridized carbons (Fsp3) is 0.353. The van der Waals surface area contributed by atoms with Crippen molar-refractivity contribution in [2.75, 3.05) is 6.54 Å². The second-order valence-electron chi connectivity index (χ2n) is 5.57. The molecule has 21 heavy (non-hydrogen) atoms. The Morgan fingerprint density at radius 1 is 1.38 bits per heavy atom. The lowest BCUT2D eigenvalue weighted by atomic mass is 9.98. The van der Waals surface area contributed by atoms with E-state index in [1.807, 2.05) is 31.2 Å². The first-order valence-electron chi connectivity index (χ1n) is 7.38. The molecule has 0 saturated heterocycles. The van der Waals surface area contributed by atoms with Crippen LogP contribution in [0.1, 0.15) is 34.2 Å². The fourth-order valence-electron chi connectivity index (χ4n) is 2.71. The van der Waals surface area contributed by atoms with E-state index in [9.17, 15) is 4.79 Å². The van der Waals surface area contributed by atoms with Gasteiger partial charge in [-0.15, -0.1) is 0 Å². The van der Waals surface area contributed by atoms with E-state index >= 15 is 0 Å². The van der Waals surface area contributed by atoms with Crippen LogP contribution in [0.3, 0.4) is 0 Å². The van der Waals surface area contributed by atoms with Gasteiger partial charge in [-0.1, -0.05) is 6.07 Å². The van der Waals surface area contributed by atoms with Gasteiger partial charge in [0.25, 0.3) is 5.91 Å². The number of nitrogens with one attached hydrogen (secondary N) is 2. The summed E-state index contributed by atoms with van der Waals surface area (Å²) in [7, 11) is 0. The van der Waals surface area contributed by atoms with E-state index < -0.39 is 0 Å². The molecule has 2 heterocycles. The van der Waals surface area contributed by atoms with E-state index in [0.717, 1.165) is 30.8 Å². The smallest absolute Gasteiger partial charge is 0.251 e. The van der Waals surface area contributed by atoms with Gasteiger partial charge in [-0.05, 0) is 55.3 Å². The largest absolute Gasteiger partial charge is 0.469 e. The number of hydrogen-bond acceptors (Lipinski definition) is 3. The molecule has 1 aromatic carbocycles. The number of carbonyl (C=O) groups excluding carboxylic acids is 1. The lowest BCUT2D eigenvalue weighted by molar-refractivity contribution is 0.0939. The number of amides is 1. The van der Waals surface area contributed by atoms with Crippen molar-refractivity contribution in [3.63, 3.8) is 0 Å². The molecule has 3 rings (SSSR count). The van der Waals surface area contributed by atoms with Crippen LogP contribution in [-0.4, -0.2) is 18.5 Å². The SMILES string of the molecule is CC(Cc1ccco1)NC(=O)c1ccc2c(c1)CNCC2. The number of benzene rings is 1. The summed E-state index contributed by atoms with van der Waals surface area (Å²) in [5, 5.41) is 6.36. The normalized spacial score (nSPS) is 15.3. The molecule has 1 atom stereocenters. The summed E-state index contributed by atoms with van der Waals surface area (Å²) in [6.07, 6.45) is 3.39. The molecule has 0 spiro atoms. The van der Waals surface area contributed by atoms with Crippen molar-refractivity contribution in [1.29, 1.82) is 0 Å². The Labute approximate surface area is 124 Å². The second kappa shape index (κ2) is 6.14. The molecule has 0 bridgehead atoms. The maximum Gasteiger partial charge on any atom is 0.251 e. The van der Waals surface area contributed by atoms with Crippen molar-refractivity contribution in [2.45, 2.75) is 32.4 Å². The Morgan fingerprint density at radius 2 is 2.29 bits per heavy atom. The zero-order chi connectivity index (χ0) is 14.7. The second-order valence-corrected chi connectivity index (χ2v) is 5.57. The molecule has 2 aromatic rings. The average molecular weight is 284 g/mol. The highest BCUT2D eigenvalue weighted by Crippen LogP contribution is 2.16. The van der Waals surface area contributed by atoms with Crippen LogP contribution in [0.4, 0.5) is 0 Å². The summed E-state index contributed by atoms with van der Waals surface area (Å²) in [5.74, 6) is 0.861. The van der Waals surface area contributed by atoms with Crippen molar-refractivity contribution in [1.82, 2.24) is 10.6 Å². The maximum absolute atomic E-state index is 12.3.